The quantitative estimate of drug-likeness (QED) is 0.808. The van der Waals surface area contributed by atoms with Crippen LogP contribution in [0, 0.1) is 5.92 Å². The first-order valence-electron chi connectivity index (χ1n) is 7.85. The Morgan fingerprint density at radius 2 is 2.05 bits per heavy atom. The highest BCUT2D eigenvalue weighted by Crippen LogP contribution is 2.16. The maximum atomic E-state index is 5.69. The van der Waals surface area contributed by atoms with E-state index in [-0.39, 0.29) is 0 Å². The van der Waals surface area contributed by atoms with E-state index in [0.717, 1.165) is 51.5 Å². The number of piperazine rings is 1. The van der Waals surface area contributed by atoms with Gasteiger partial charge in [0.05, 0.1) is 19.0 Å². The lowest BCUT2D eigenvalue weighted by molar-refractivity contribution is 0.226. The summed E-state index contributed by atoms with van der Waals surface area (Å²) in [4.78, 5) is 13.5. The number of nitrogens with two attached hydrogens (primary N) is 1. The van der Waals surface area contributed by atoms with Crippen molar-refractivity contribution in [2.75, 3.05) is 50.8 Å². The van der Waals surface area contributed by atoms with E-state index in [0.29, 0.717) is 18.4 Å². The lowest BCUT2D eigenvalue weighted by Crippen LogP contribution is -2.48. The van der Waals surface area contributed by atoms with Crippen molar-refractivity contribution in [2.24, 2.45) is 11.7 Å². The van der Waals surface area contributed by atoms with Gasteiger partial charge in [0, 0.05) is 32.7 Å². The van der Waals surface area contributed by atoms with E-state index in [2.05, 4.69) is 33.6 Å². The van der Waals surface area contributed by atoms with Crippen molar-refractivity contribution in [2.45, 2.75) is 20.3 Å². The zero-order valence-electron chi connectivity index (χ0n) is 13.2. The first kappa shape index (κ1) is 16.0. The summed E-state index contributed by atoms with van der Waals surface area (Å²) in [5, 5.41) is 0. The van der Waals surface area contributed by atoms with Crippen LogP contribution >= 0.6 is 0 Å². The Kier molecular flexibility index (Phi) is 6.20. The van der Waals surface area contributed by atoms with Crippen LogP contribution in [-0.4, -0.2) is 60.7 Å². The van der Waals surface area contributed by atoms with Crippen LogP contribution in [-0.2, 0) is 0 Å². The topological polar surface area (TPSA) is 67.5 Å². The van der Waals surface area contributed by atoms with Gasteiger partial charge in [0.15, 0.2) is 5.82 Å². The predicted octanol–water partition coefficient (Wildman–Crippen LogP) is 0.982. The Bertz CT molecular complexity index is 420. The Morgan fingerprint density at radius 1 is 1.29 bits per heavy atom. The number of hydrogen-bond donors (Lipinski definition) is 1. The van der Waals surface area contributed by atoms with Crippen LogP contribution in [0.1, 0.15) is 20.3 Å². The molecule has 1 saturated heterocycles. The van der Waals surface area contributed by atoms with Crippen LogP contribution in [0.2, 0.25) is 0 Å². The van der Waals surface area contributed by atoms with Gasteiger partial charge in [-0.1, -0.05) is 13.8 Å². The fourth-order valence-corrected chi connectivity index (χ4v) is 2.44. The third-order valence-electron chi connectivity index (χ3n) is 3.72. The molecule has 118 valence electrons. The number of aromatic nitrogens is 2. The van der Waals surface area contributed by atoms with Gasteiger partial charge in [-0.15, -0.1) is 0 Å². The molecule has 0 aromatic carbocycles. The molecule has 1 fully saturated rings. The summed E-state index contributed by atoms with van der Waals surface area (Å²) < 4.78 is 5.55. The van der Waals surface area contributed by atoms with E-state index < -0.39 is 0 Å². The van der Waals surface area contributed by atoms with Crippen molar-refractivity contribution in [3.05, 3.63) is 12.4 Å². The molecule has 1 aromatic heterocycles. The van der Waals surface area contributed by atoms with E-state index in [1.54, 1.807) is 6.20 Å². The number of rotatable bonds is 7. The highest BCUT2D eigenvalue weighted by Gasteiger charge is 2.19. The van der Waals surface area contributed by atoms with E-state index in [1.807, 2.05) is 6.20 Å². The van der Waals surface area contributed by atoms with Crippen LogP contribution in [0.4, 0.5) is 5.82 Å². The zero-order valence-corrected chi connectivity index (χ0v) is 13.2. The van der Waals surface area contributed by atoms with Gasteiger partial charge in [0.2, 0.25) is 5.88 Å². The van der Waals surface area contributed by atoms with Gasteiger partial charge in [-0.25, -0.2) is 0 Å². The number of ether oxygens (including phenoxy) is 1. The summed E-state index contributed by atoms with van der Waals surface area (Å²) in [6.07, 6.45) is 4.47. The molecule has 0 radical (unpaired) electrons. The predicted molar refractivity (Wildman–Crippen MR) is 84.7 cm³/mol. The van der Waals surface area contributed by atoms with E-state index >= 15 is 0 Å². The van der Waals surface area contributed by atoms with Gasteiger partial charge < -0.3 is 15.4 Å². The molecular formula is C15H27N5O. The molecule has 0 spiro atoms. The summed E-state index contributed by atoms with van der Waals surface area (Å²) in [7, 11) is 0. The molecule has 2 rings (SSSR count). The Morgan fingerprint density at radius 3 is 2.71 bits per heavy atom. The molecule has 0 amide bonds. The molecule has 1 unspecified atom stereocenters. The maximum absolute atomic E-state index is 5.69. The van der Waals surface area contributed by atoms with Gasteiger partial charge in [-0.05, 0) is 18.9 Å². The molecule has 1 aliphatic heterocycles. The minimum Gasteiger partial charge on any atom is -0.477 e. The first-order chi connectivity index (χ1) is 10.2. The Labute approximate surface area is 127 Å². The molecular weight excluding hydrogens is 266 g/mol. The lowest BCUT2D eigenvalue weighted by Gasteiger charge is -2.36. The molecule has 6 nitrogen and oxygen atoms in total. The Hall–Kier alpha value is -1.40. The average Bonchev–Trinajstić information content (AvgIpc) is 2.53. The molecule has 2 heterocycles. The number of hydrogen-bond acceptors (Lipinski definition) is 6. The SMILES string of the molecule is CCCOc1cncc(N2CCN(CC(C)CN)CC2)n1. The molecule has 1 atom stereocenters. The maximum Gasteiger partial charge on any atom is 0.234 e. The lowest BCUT2D eigenvalue weighted by atomic mass is 10.1. The molecule has 1 aromatic rings. The minimum absolute atomic E-state index is 0.558. The van der Waals surface area contributed by atoms with Crippen LogP contribution in [0.5, 0.6) is 5.88 Å². The highest BCUT2D eigenvalue weighted by molar-refractivity contribution is 5.38. The first-order valence-corrected chi connectivity index (χ1v) is 7.85. The third kappa shape index (κ3) is 4.82. The fourth-order valence-electron chi connectivity index (χ4n) is 2.44. The molecule has 0 bridgehead atoms. The van der Waals surface area contributed by atoms with Crippen LogP contribution in [0.25, 0.3) is 0 Å². The molecule has 0 saturated carbocycles. The smallest absolute Gasteiger partial charge is 0.234 e. The number of nitrogens with zero attached hydrogens (tertiary/aromatic N) is 4. The van der Waals surface area contributed by atoms with Crippen LogP contribution in [0.15, 0.2) is 12.4 Å². The van der Waals surface area contributed by atoms with Crippen molar-refractivity contribution < 1.29 is 4.74 Å². The van der Waals surface area contributed by atoms with Gasteiger partial charge in [-0.3, -0.25) is 9.88 Å². The fraction of sp³-hybridized carbons (Fsp3) is 0.733. The van der Waals surface area contributed by atoms with Crippen molar-refractivity contribution >= 4 is 5.82 Å². The van der Waals surface area contributed by atoms with Crippen molar-refractivity contribution in [3.8, 4) is 5.88 Å². The summed E-state index contributed by atoms with van der Waals surface area (Å²) in [5.74, 6) is 2.09. The minimum atomic E-state index is 0.558. The zero-order chi connectivity index (χ0) is 15.1. The molecule has 0 aliphatic carbocycles. The average molecular weight is 293 g/mol. The second-order valence-electron chi connectivity index (χ2n) is 5.69. The van der Waals surface area contributed by atoms with E-state index in [9.17, 15) is 0 Å². The normalized spacial score (nSPS) is 17.8. The standard InChI is InChI=1S/C15H27N5O/c1-3-8-21-15-11-17-10-14(18-15)20-6-4-19(5-7-20)12-13(2)9-16/h10-11,13H,3-9,12,16H2,1-2H3. The summed E-state index contributed by atoms with van der Waals surface area (Å²) >= 11 is 0. The van der Waals surface area contributed by atoms with Crippen LogP contribution in [0.3, 0.4) is 0 Å². The summed E-state index contributed by atoms with van der Waals surface area (Å²) in [6, 6.07) is 0. The van der Waals surface area contributed by atoms with E-state index in [1.165, 1.54) is 0 Å². The van der Waals surface area contributed by atoms with Crippen LogP contribution < -0.4 is 15.4 Å². The van der Waals surface area contributed by atoms with E-state index in [4.69, 9.17) is 10.5 Å². The van der Waals surface area contributed by atoms with Gasteiger partial charge >= 0.3 is 0 Å². The molecule has 6 heteroatoms. The second kappa shape index (κ2) is 8.14. The molecule has 1 aliphatic rings. The molecule has 21 heavy (non-hydrogen) atoms. The van der Waals surface area contributed by atoms with Gasteiger partial charge in [0.1, 0.15) is 0 Å². The van der Waals surface area contributed by atoms with Crippen molar-refractivity contribution in [1.82, 2.24) is 14.9 Å². The Balaban J connectivity index is 1.87. The van der Waals surface area contributed by atoms with Gasteiger partial charge in [0.25, 0.3) is 0 Å². The highest BCUT2D eigenvalue weighted by atomic mass is 16.5. The van der Waals surface area contributed by atoms with Gasteiger partial charge in [-0.2, -0.15) is 4.98 Å². The monoisotopic (exact) mass is 293 g/mol. The van der Waals surface area contributed by atoms with Crippen molar-refractivity contribution in [1.29, 1.82) is 0 Å². The second-order valence-corrected chi connectivity index (χ2v) is 5.69. The summed E-state index contributed by atoms with van der Waals surface area (Å²) in [5.41, 5.74) is 5.69. The largest absolute Gasteiger partial charge is 0.477 e. The molecule has 2 N–H and O–H groups in total. The third-order valence-corrected chi connectivity index (χ3v) is 3.72. The summed E-state index contributed by atoms with van der Waals surface area (Å²) in [6.45, 7) is 10.8. The number of anilines is 1. The van der Waals surface area contributed by atoms with Crippen molar-refractivity contribution in [3.63, 3.8) is 0 Å².